The van der Waals surface area contributed by atoms with Crippen molar-refractivity contribution in [1.29, 1.82) is 0 Å². The number of hydrogen-bond acceptors (Lipinski definition) is 4. The number of ketones is 1. The van der Waals surface area contributed by atoms with Gasteiger partial charge in [-0.1, -0.05) is 30.3 Å². The van der Waals surface area contributed by atoms with Crippen LogP contribution < -0.4 is 4.90 Å². The van der Waals surface area contributed by atoms with Crippen molar-refractivity contribution in [2.24, 2.45) is 0 Å². The molecule has 0 bridgehead atoms. The molecule has 1 aromatic heterocycles. The molecular weight excluding hydrogens is 306 g/mol. The van der Waals surface area contributed by atoms with Crippen molar-refractivity contribution >= 4 is 39.0 Å². The number of aromatic hydroxyl groups is 1. The molecule has 0 fully saturated rings. The van der Waals surface area contributed by atoms with Crippen LogP contribution in [0.4, 0.5) is 5.69 Å². The van der Waals surface area contributed by atoms with Gasteiger partial charge in [0.1, 0.15) is 10.6 Å². The molecular formula is C19H17NO2S. The molecule has 1 N–H and O–H groups in total. The van der Waals surface area contributed by atoms with Gasteiger partial charge in [-0.15, -0.1) is 11.3 Å². The summed E-state index contributed by atoms with van der Waals surface area (Å²) in [5, 5.41) is 10.9. The van der Waals surface area contributed by atoms with Crippen molar-refractivity contribution in [3.05, 3.63) is 65.0 Å². The highest BCUT2D eigenvalue weighted by molar-refractivity contribution is 7.21. The number of fused-ring (bicyclic) bond motifs is 1. The number of thiophene rings is 1. The second kappa shape index (κ2) is 6.26. The van der Waals surface area contributed by atoms with Gasteiger partial charge < -0.3 is 10.0 Å². The molecule has 0 unspecified atom stereocenters. The number of rotatable bonds is 4. The first kappa shape index (κ1) is 15.3. The number of anilines is 1. The summed E-state index contributed by atoms with van der Waals surface area (Å²) in [7, 11) is 3.97. The van der Waals surface area contributed by atoms with E-state index >= 15 is 0 Å². The van der Waals surface area contributed by atoms with Crippen LogP contribution in [0.2, 0.25) is 0 Å². The highest BCUT2D eigenvalue weighted by Gasteiger charge is 2.15. The monoisotopic (exact) mass is 323 g/mol. The quantitative estimate of drug-likeness (QED) is 0.565. The van der Waals surface area contributed by atoms with E-state index in [1.165, 1.54) is 17.4 Å². The largest absolute Gasteiger partial charge is 0.506 e. The van der Waals surface area contributed by atoms with Crippen molar-refractivity contribution < 1.29 is 9.90 Å². The molecule has 2 aromatic carbocycles. The first-order valence-corrected chi connectivity index (χ1v) is 8.08. The molecule has 0 radical (unpaired) electrons. The number of allylic oxidation sites excluding steroid dienone is 1. The predicted octanol–water partition coefficient (Wildman–Crippen LogP) is 4.57. The minimum Gasteiger partial charge on any atom is -0.506 e. The molecule has 0 aliphatic heterocycles. The minimum atomic E-state index is -0.180. The summed E-state index contributed by atoms with van der Waals surface area (Å²) in [6.07, 6.45) is 3.28. The Kier molecular flexibility index (Phi) is 4.17. The van der Waals surface area contributed by atoms with Gasteiger partial charge in [-0.05, 0) is 35.9 Å². The molecule has 4 heteroatoms. The number of nitrogens with zero attached hydrogens (tertiary/aromatic N) is 1. The van der Waals surface area contributed by atoms with Gasteiger partial charge in [-0.25, -0.2) is 0 Å². The van der Waals surface area contributed by atoms with Gasteiger partial charge >= 0.3 is 0 Å². The Morgan fingerprint density at radius 2 is 1.78 bits per heavy atom. The number of carbonyl (C=O) groups is 1. The third-order valence-electron chi connectivity index (χ3n) is 3.63. The average Bonchev–Trinajstić information content (AvgIpc) is 2.90. The summed E-state index contributed by atoms with van der Waals surface area (Å²) in [5.41, 5.74) is 2.06. The van der Waals surface area contributed by atoms with Crippen molar-refractivity contribution in [3.8, 4) is 5.75 Å². The highest BCUT2D eigenvalue weighted by Crippen LogP contribution is 2.37. The summed E-state index contributed by atoms with van der Waals surface area (Å²) in [6.45, 7) is 0. The van der Waals surface area contributed by atoms with Crippen LogP contribution in [0.15, 0.2) is 54.6 Å². The molecule has 0 aliphatic carbocycles. The Labute approximate surface area is 139 Å². The van der Waals surface area contributed by atoms with Crippen LogP contribution in [0.5, 0.6) is 5.75 Å². The number of carbonyl (C=O) groups excluding carboxylic acids is 1. The molecule has 0 aliphatic rings. The van der Waals surface area contributed by atoms with Crippen LogP contribution in [0.25, 0.3) is 16.2 Å². The van der Waals surface area contributed by atoms with Crippen LogP contribution in [-0.2, 0) is 0 Å². The van der Waals surface area contributed by atoms with E-state index in [0.717, 1.165) is 21.3 Å². The molecule has 3 rings (SSSR count). The average molecular weight is 323 g/mol. The maximum atomic E-state index is 12.3. The van der Waals surface area contributed by atoms with E-state index < -0.39 is 0 Å². The van der Waals surface area contributed by atoms with Crippen LogP contribution in [0.3, 0.4) is 0 Å². The third kappa shape index (κ3) is 3.12. The van der Waals surface area contributed by atoms with E-state index in [1.807, 2.05) is 67.5 Å². The van der Waals surface area contributed by atoms with Gasteiger partial charge in [-0.3, -0.25) is 4.79 Å². The summed E-state index contributed by atoms with van der Waals surface area (Å²) in [4.78, 5) is 14.7. The third-order valence-corrected chi connectivity index (χ3v) is 4.80. The Balaban J connectivity index is 1.83. The highest BCUT2D eigenvalue weighted by atomic mass is 32.1. The van der Waals surface area contributed by atoms with Gasteiger partial charge in [0.15, 0.2) is 5.78 Å². The summed E-state index contributed by atoms with van der Waals surface area (Å²) < 4.78 is 0.914. The van der Waals surface area contributed by atoms with Crippen molar-refractivity contribution in [2.45, 2.75) is 0 Å². The normalized spacial score (nSPS) is 11.2. The SMILES string of the molecule is CN(C)c1ccc(C=CC(=O)c2sc3ccccc3c2O)cc1. The molecule has 116 valence electrons. The van der Waals surface area contributed by atoms with E-state index in [2.05, 4.69) is 0 Å². The standard InChI is InChI=1S/C19H17NO2S/c1-20(2)14-10-7-13(8-11-14)9-12-16(21)19-18(22)15-5-3-4-6-17(15)23-19/h3-12,22H,1-2H3. The zero-order valence-electron chi connectivity index (χ0n) is 13.0. The molecule has 0 spiro atoms. The van der Waals surface area contributed by atoms with Crippen molar-refractivity contribution in [2.75, 3.05) is 19.0 Å². The zero-order chi connectivity index (χ0) is 16.4. The van der Waals surface area contributed by atoms with Crippen LogP contribution in [0, 0.1) is 0 Å². The van der Waals surface area contributed by atoms with Crippen molar-refractivity contribution in [3.63, 3.8) is 0 Å². The molecule has 1 heterocycles. The van der Waals surface area contributed by atoms with E-state index in [-0.39, 0.29) is 11.5 Å². The lowest BCUT2D eigenvalue weighted by atomic mass is 10.1. The fourth-order valence-corrected chi connectivity index (χ4v) is 3.35. The predicted molar refractivity (Wildman–Crippen MR) is 97.6 cm³/mol. The molecule has 0 saturated carbocycles. The maximum absolute atomic E-state index is 12.3. The van der Waals surface area contributed by atoms with Gasteiger partial charge in [0.2, 0.25) is 0 Å². The molecule has 0 atom stereocenters. The van der Waals surface area contributed by atoms with E-state index in [4.69, 9.17) is 0 Å². The van der Waals surface area contributed by atoms with Crippen LogP contribution in [0.1, 0.15) is 15.2 Å². The Morgan fingerprint density at radius 1 is 1.09 bits per heavy atom. The summed E-state index contributed by atoms with van der Waals surface area (Å²) in [6, 6.07) is 15.4. The summed E-state index contributed by atoms with van der Waals surface area (Å²) >= 11 is 1.32. The summed E-state index contributed by atoms with van der Waals surface area (Å²) in [5.74, 6) is -0.108. The fourth-order valence-electron chi connectivity index (χ4n) is 2.33. The maximum Gasteiger partial charge on any atom is 0.199 e. The zero-order valence-corrected chi connectivity index (χ0v) is 13.8. The number of benzene rings is 2. The van der Waals surface area contributed by atoms with Gasteiger partial charge in [-0.2, -0.15) is 0 Å². The first-order chi connectivity index (χ1) is 11.1. The van der Waals surface area contributed by atoms with E-state index in [0.29, 0.717) is 4.88 Å². The van der Waals surface area contributed by atoms with E-state index in [1.54, 1.807) is 6.08 Å². The van der Waals surface area contributed by atoms with Gasteiger partial charge in [0.25, 0.3) is 0 Å². The second-order valence-corrected chi connectivity index (χ2v) is 6.51. The lowest BCUT2D eigenvalue weighted by molar-refractivity contribution is 0.104. The fraction of sp³-hybridized carbons (Fsp3) is 0.105. The molecule has 0 amide bonds. The lowest BCUT2D eigenvalue weighted by Gasteiger charge is -2.11. The second-order valence-electron chi connectivity index (χ2n) is 5.46. The lowest BCUT2D eigenvalue weighted by Crippen LogP contribution is -2.07. The van der Waals surface area contributed by atoms with E-state index in [9.17, 15) is 9.90 Å². The number of hydrogen-bond donors (Lipinski definition) is 1. The van der Waals surface area contributed by atoms with Gasteiger partial charge in [0.05, 0.1) is 0 Å². The molecule has 23 heavy (non-hydrogen) atoms. The smallest absolute Gasteiger partial charge is 0.199 e. The Morgan fingerprint density at radius 3 is 2.43 bits per heavy atom. The van der Waals surface area contributed by atoms with Gasteiger partial charge in [0, 0.05) is 29.9 Å². The topological polar surface area (TPSA) is 40.5 Å². The van der Waals surface area contributed by atoms with Crippen molar-refractivity contribution in [1.82, 2.24) is 0 Å². The molecule has 3 aromatic rings. The molecule has 3 nitrogen and oxygen atoms in total. The first-order valence-electron chi connectivity index (χ1n) is 7.26. The Hall–Kier alpha value is -2.59. The minimum absolute atomic E-state index is 0.0724. The Bertz CT molecular complexity index is 876. The molecule has 0 saturated heterocycles. The van der Waals surface area contributed by atoms with Crippen LogP contribution in [-0.4, -0.2) is 25.0 Å². The van der Waals surface area contributed by atoms with Crippen LogP contribution >= 0.6 is 11.3 Å².